The zero-order valence-corrected chi connectivity index (χ0v) is 9.54. The summed E-state index contributed by atoms with van der Waals surface area (Å²) in [5.74, 6) is 0. The van der Waals surface area contributed by atoms with Gasteiger partial charge in [-0.25, -0.2) is 0 Å². The number of pyridine rings is 1. The molecule has 0 saturated heterocycles. The first-order valence-corrected chi connectivity index (χ1v) is 5.24. The summed E-state index contributed by atoms with van der Waals surface area (Å²) in [5.41, 5.74) is 7.14. The van der Waals surface area contributed by atoms with Crippen molar-refractivity contribution in [1.29, 1.82) is 0 Å². The lowest BCUT2D eigenvalue weighted by atomic mass is 9.99. The predicted octanol–water partition coefficient (Wildman–Crippen LogP) is 2.63. The van der Waals surface area contributed by atoms with Crippen molar-refractivity contribution in [3.05, 3.63) is 70.5 Å². The average Bonchev–Trinajstić information content (AvgIpc) is 2.38. The Labute approximate surface area is 104 Å². The normalized spacial score (nSPS) is 10.0. The van der Waals surface area contributed by atoms with Crippen LogP contribution in [0.15, 0.2) is 49.3 Å². The molecular weight excluding hydrogens is 230 g/mol. The van der Waals surface area contributed by atoms with Gasteiger partial charge >= 0.3 is 5.69 Å². The van der Waals surface area contributed by atoms with E-state index in [1.807, 2.05) is 30.3 Å². The molecule has 5 heteroatoms. The van der Waals surface area contributed by atoms with Gasteiger partial charge in [0.1, 0.15) is 5.69 Å². The van der Waals surface area contributed by atoms with E-state index in [0.717, 1.165) is 5.56 Å². The lowest BCUT2D eigenvalue weighted by Gasteiger charge is -2.07. The lowest BCUT2D eigenvalue weighted by molar-refractivity contribution is -0.384. The SMILES string of the molecule is C=C(c1ccccc1)c1cncc(N)c1[N+](=O)[O-]. The van der Waals surface area contributed by atoms with E-state index in [1.54, 1.807) is 0 Å². The maximum absolute atomic E-state index is 11.0. The van der Waals surface area contributed by atoms with Crippen molar-refractivity contribution in [2.45, 2.75) is 0 Å². The van der Waals surface area contributed by atoms with E-state index >= 15 is 0 Å². The Morgan fingerprint density at radius 1 is 1.28 bits per heavy atom. The topological polar surface area (TPSA) is 82.0 Å². The molecule has 0 atom stereocenters. The lowest BCUT2D eigenvalue weighted by Crippen LogP contribution is -2.01. The summed E-state index contributed by atoms with van der Waals surface area (Å²) in [6.45, 7) is 3.88. The summed E-state index contributed by atoms with van der Waals surface area (Å²) in [7, 11) is 0. The molecule has 0 bridgehead atoms. The number of hydrogen-bond donors (Lipinski definition) is 1. The minimum atomic E-state index is -0.513. The molecule has 90 valence electrons. The number of rotatable bonds is 3. The average molecular weight is 241 g/mol. The molecule has 0 aliphatic rings. The summed E-state index contributed by atoms with van der Waals surface area (Å²) in [6.07, 6.45) is 2.67. The monoisotopic (exact) mass is 241 g/mol. The quantitative estimate of drug-likeness (QED) is 0.661. The van der Waals surface area contributed by atoms with Crippen LogP contribution in [-0.4, -0.2) is 9.91 Å². The summed E-state index contributed by atoms with van der Waals surface area (Å²) in [6, 6.07) is 9.20. The molecule has 0 aliphatic carbocycles. The van der Waals surface area contributed by atoms with E-state index in [9.17, 15) is 10.1 Å². The highest BCUT2D eigenvalue weighted by Gasteiger charge is 2.20. The van der Waals surface area contributed by atoms with E-state index in [0.29, 0.717) is 11.1 Å². The molecule has 0 spiro atoms. The largest absolute Gasteiger partial charge is 0.392 e. The molecule has 1 heterocycles. The molecule has 1 aromatic heterocycles. The summed E-state index contributed by atoms with van der Waals surface area (Å²) >= 11 is 0. The first kappa shape index (κ1) is 11.8. The molecule has 0 aliphatic heterocycles. The second-order valence-corrected chi connectivity index (χ2v) is 3.73. The van der Waals surface area contributed by atoms with Gasteiger partial charge in [-0.3, -0.25) is 15.1 Å². The Morgan fingerprint density at radius 2 is 1.94 bits per heavy atom. The number of benzene rings is 1. The van der Waals surface area contributed by atoms with Crippen molar-refractivity contribution >= 4 is 16.9 Å². The van der Waals surface area contributed by atoms with Crippen molar-refractivity contribution in [2.75, 3.05) is 5.73 Å². The molecule has 18 heavy (non-hydrogen) atoms. The Hall–Kier alpha value is -2.69. The van der Waals surface area contributed by atoms with E-state index in [1.165, 1.54) is 12.4 Å². The van der Waals surface area contributed by atoms with Gasteiger partial charge in [-0.05, 0) is 11.1 Å². The number of nitro groups is 1. The van der Waals surface area contributed by atoms with E-state index in [2.05, 4.69) is 11.6 Å². The highest BCUT2D eigenvalue weighted by molar-refractivity contribution is 5.85. The van der Waals surface area contributed by atoms with Gasteiger partial charge in [-0.15, -0.1) is 0 Å². The third-order valence-electron chi connectivity index (χ3n) is 2.58. The number of nitrogen functional groups attached to an aromatic ring is 1. The number of aromatic nitrogens is 1. The number of nitrogens with two attached hydrogens (primary N) is 1. The molecule has 2 rings (SSSR count). The Balaban J connectivity index is 2.56. The second-order valence-electron chi connectivity index (χ2n) is 3.73. The van der Waals surface area contributed by atoms with Crippen LogP contribution in [0, 0.1) is 10.1 Å². The van der Waals surface area contributed by atoms with Gasteiger partial charge in [-0.1, -0.05) is 36.9 Å². The minimum Gasteiger partial charge on any atom is -0.392 e. The molecular formula is C13H11N3O2. The third kappa shape index (κ3) is 2.06. The van der Waals surface area contributed by atoms with Crippen LogP contribution in [-0.2, 0) is 0 Å². The molecule has 2 aromatic rings. The molecule has 0 unspecified atom stereocenters. The summed E-state index contributed by atoms with van der Waals surface area (Å²) in [4.78, 5) is 14.4. The standard InChI is InChI=1S/C13H11N3O2/c1-9(10-5-3-2-4-6-10)11-7-15-8-12(14)13(11)16(17)18/h2-8H,1,14H2. The van der Waals surface area contributed by atoms with Crippen LogP contribution < -0.4 is 5.73 Å². The molecule has 0 fully saturated rings. The van der Waals surface area contributed by atoms with Crippen LogP contribution >= 0.6 is 0 Å². The third-order valence-corrected chi connectivity index (χ3v) is 2.58. The zero-order valence-electron chi connectivity index (χ0n) is 9.54. The number of anilines is 1. The molecule has 0 radical (unpaired) electrons. The zero-order chi connectivity index (χ0) is 13.1. The van der Waals surface area contributed by atoms with Gasteiger partial charge in [0.05, 0.1) is 16.7 Å². The van der Waals surface area contributed by atoms with Crippen molar-refractivity contribution in [3.63, 3.8) is 0 Å². The summed E-state index contributed by atoms with van der Waals surface area (Å²) < 4.78 is 0. The number of hydrogen-bond acceptors (Lipinski definition) is 4. The molecule has 1 aromatic carbocycles. The fourth-order valence-corrected chi connectivity index (χ4v) is 1.69. The minimum absolute atomic E-state index is 0.0366. The first-order valence-electron chi connectivity index (χ1n) is 5.24. The van der Waals surface area contributed by atoms with Crippen LogP contribution in [0.2, 0.25) is 0 Å². The van der Waals surface area contributed by atoms with Gasteiger partial charge < -0.3 is 5.73 Å². The van der Waals surface area contributed by atoms with Gasteiger partial charge in [0.2, 0.25) is 0 Å². The molecule has 5 nitrogen and oxygen atoms in total. The van der Waals surface area contributed by atoms with Crippen LogP contribution in [0.3, 0.4) is 0 Å². The van der Waals surface area contributed by atoms with Gasteiger partial charge in [0.15, 0.2) is 0 Å². The van der Waals surface area contributed by atoms with Gasteiger partial charge in [0, 0.05) is 6.20 Å². The highest BCUT2D eigenvalue weighted by Crippen LogP contribution is 2.32. The van der Waals surface area contributed by atoms with Gasteiger partial charge in [0.25, 0.3) is 0 Å². The summed E-state index contributed by atoms with van der Waals surface area (Å²) in [5, 5.41) is 11.0. The fourth-order valence-electron chi connectivity index (χ4n) is 1.69. The Bertz CT molecular complexity index is 609. The smallest absolute Gasteiger partial charge is 0.303 e. The van der Waals surface area contributed by atoms with Crippen LogP contribution in [0.25, 0.3) is 5.57 Å². The van der Waals surface area contributed by atoms with Crippen LogP contribution in [0.5, 0.6) is 0 Å². The molecule has 2 N–H and O–H groups in total. The fraction of sp³-hybridized carbons (Fsp3) is 0. The second kappa shape index (κ2) is 4.67. The predicted molar refractivity (Wildman–Crippen MR) is 69.9 cm³/mol. The van der Waals surface area contributed by atoms with Crippen molar-refractivity contribution in [2.24, 2.45) is 0 Å². The van der Waals surface area contributed by atoms with E-state index < -0.39 is 4.92 Å². The Morgan fingerprint density at radius 3 is 2.56 bits per heavy atom. The van der Waals surface area contributed by atoms with Gasteiger partial charge in [-0.2, -0.15) is 0 Å². The van der Waals surface area contributed by atoms with Crippen molar-refractivity contribution in [3.8, 4) is 0 Å². The van der Waals surface area contributed by atoms with E-state index in [4.69, 9.17) is 5.73 Å². The highest BCUT2D eigenvalue weighted by atomic mass is 16.6. The Kier molecular flexibility index (Phi) is 3.05. The van der Waals surface area contributed by atoms with E-state index in [-0.39, 0.29) is 11.4 Å². The van der Waals surface area contributed by atoms with Crippen LogP contribution in [0.1, 0.15) is 11.1 Å². The maximum atomic E-state index is 11.0. The first-order chi connectivity index (χ1) is 8.61. The van der Waals surface area contributed by atoms with Crippen molar-refractivity contribution in [1.82, 2.24) is 4.98 Å². The molecule has 0 saturated carbocycles. The van der Waals surface area contributed by atoms with Crippen molar-refractivity contribution < 1.29 is 4.92 Å². The molecule has 0 amide bonds. The van der Waals surface area contributed by atoms with Crippen LogP contribution in [0.4, 0.5) is 11.4 Å². The number of nitrogens with zero attached hydrogens (tertiary/aromatic N) is 2. The maximum Gasteiger partial charge on any atom is 0.303 e.